The van der Waals surface area contributed by atoms with E-state index in [0.29, 0.717) is 11.4 Å². The Morgan fingerprint density at radius 1 is 1.00 bits per heavy atom. The number of ether oxygens (including phenoxy) is 1. The van der Waals surface area contributed by atoms with Crippen molar-refractivity contribution in [1.29, 1.82) is 0 Å². The summed E-state index contributed by atoms with van der Waals surface area (Å²) < 4.78 is 35.2. The van der Waals surface area contributed by atoms with E-state index >= 15 is 0 Å². The summed E-state index contributed by atoms with van der Waals surface area (Å²) in [4.78, 5) is 8.61. The number of aromatic nitrogens is 3. The number of benzene rings is 1. The molecule has 0 saturated carbocycles. The third kappa shape index (κ3) is 2.79. The first-order chi connectivity index (χ1) is 12.6. The molecule has 6 heteroatoms. The lowest BCUT2D eigenvalue weighted by atomic mass is 10.1. The summed E-state index contributed by atoms with van der Waals surface area (Å²) in [5.41, 5.74) is 3.21. The molecule has 0 radical (unpaired) electrons. The first kappa shape index (κ1) is 16.2. The van der Waals surface area contributed by atoms with Gasteiger partial charge in [-0.05, 0) is 43.3 Å². The maximum Gasteiger partial charge on any atom is 0.180 e. The molecule has 130 valence electrons. The van der Waals surface area contributed by atoms with Crippen molar-refractivity contribution in [1.82, 2.24) is 14.4 Å². The first-order valence-electron chi connectivity index (χ1n) is 8.09. The van der Waals surface area contributed by atoms with E-state index < -0.39 is 11.6 Å². The maximum atomic E-state index is 13.8. The van der Waals surface area contributed by atoms with E-state index in [0.717, 1.165) is 17.0 Å². The van der Waals surface area contributed by atoms with Gasteiger partial charge < -0.3 is 4.74 Å². The van der Waals surface area contributed by atoms with E-state index in [9.17, 15) is 8.78 Å². The lowest BCUT2D eigenvalue weighted by Gasteiger charge is -2.09. The number of nitrogens with zero attached hydrogens (tertiary/aromatic N) is 3. The number of aryl methyl sites for hydroxylation is 1. The molecule has 3 aromatic heterocycles. The van der Waals surface area contributed by atoms with Crippen molar-refractivity contribution in [2.45, 2.75) is 13.5 Å². The molecule has 0 N–H and O–H groups in total. The van der Waals surface area contributed by atoms with Crippen LogP contribution in [0.3, 0.4) is 0 Å². The molecular weight excluding hydrogens is 336 g/mol. The summed E-state index contributed by atoms with van der Waals surface area (Å²) in [6, 6.07) is 11.1. The van der Waals surface area contributed by atoms with E-state index in [4.69, 9.17) is 4.74 Å². The highest BCUT2D eigenvalue weighted by Crippen LogP contribution is 2.29. The highest BCUT2D eigenvalue weighted by molar-refractivity contribution is 5.69. The average molecular weight is 351 g/mol. The minimum absolute atomic E-state index is 0.105. The van der Waals surface area contributed by atoms with Gasteiger partial charge in [-0.15, -0.1) is 0 Å². The van der Waals surface area contributed by atoms with E-state index in [1.807, 2.05) is 35.7 Å². The lowest BCUT2D eigenvalue weighted by molar-refractivity contribution is 0.294. The van der Waals surface area contributed by atoms with E-state index in [2.05, 4.69) is 9.97 Å². The normalized spacial score (nSPS) is 11.0. The molecule has 4 aromatic rings. The molecule has 1 aromatic carbocycles. The number of halogens is 2. The number of hydrogen-bond acceptors (Lipinski definition) is 3. The van der Waals surface area contributed by atoms with Crippen molar-refractivity contribution >= 4 is 5.65 Å². The average Bonchev–Trinajstić information content (AvgIpc) is 2.98. The summed E-state index contributed by atoms with van der Waals surface area (Å²) in [6.07, 6.45) is 5.31. The van der Waals surface area contributed by atoms with E-state index in [-0.39, 0.29) is 12.2 Å². The number of fused-ring (bicyclic) bond motifs is 1. The van der Waals surface area contributed by atoms with E-state index in [1.54, 1.807) is 18.5 Å². The van der Waals surface area contributed by atoms with Crippen molar-refractivity contribution in [3.63, 3.8) is 0 Å². The molecule has 4 rings (SSSR count). The Bertz CT molecular complexity index is 1060. The van der Waals surface area contributed by atoms with Crippen LogP contribution in [0.2, 0.25) is 0 Å². The molecule has 0 aliphatic carbocycles. The first-order valence-corrected chi connectivity index (χ1v) is 8.09. The van der Waals surface area contributed by atoms with Gasteiger partial charge in [-0.2, -0.15) is 0 Å². The smallest absolute Gasteiger partial charge is 0.180 e. The van der Waals surface area contributed by atoms with E-state index in [1.165, 1.54) is 18.2 Å². The standard InChI is InChI=1S/C20H15F2N3O/c1-13-19(14-7-9-23-10-8-14)25-11-3-6-18(20(25)24-13)26-12-15-16(21)4-2-5-17(15)22/h2-11H,12H2,1H3. The summed E-state index contributed by atoms with van der Waals surface area (Å²) >= 11 is 0. The Morgan fingerprint density at radius 2 is 1.73 bits per heavy atom. The Labute approximate surface area is 148 Å². The van der Waals surface area contributed by atoms with Crippen LogP contribution in [0, 0.1) is 18.6 Å². The second-order valence-corrected chi connectivity index (χ2v) is 5.84. The third-order valence-electron chi connectivity index (χ3n) is 4.18. The number of pyridine rings is 2. The van der Waals surface area contributed by atoms with Gasteiger partial charge in [-0.3, -0.25) is 9.38 Å². The van der Waals surface area contributed by atoms with Crippen LogP contribution in [-0.2, 0) is 6.61 Å². The predicted octanol–water partition coefficient (Wildman–Crippen LogP) is 4.56. The van der Waals surface area contributed by atoms with Crippen molar-refractivity contribution < 1.29 is 13.5 Å². The molecule has 0 bridgehead atoms. The van der Waals surface area contributed by atoms with Crippen molar-refractivity contribution in [3.05, 3.63) is 83.9 Å². The summed E-state index contributed by atoms with van der Waals surface area (Å²) in [5.74, 6) is -0.804. The van der Waals surface area contributed by atoms with Gasteiger partial charge >= 0.3 is 0 Å². The Hall–Kier alpha value is -3.28. The zero-order valence-electron chi connectivity index (χ0n) is 14.0. The summed E-state index contributed by atoms with van der Waals surface area (Å²) in [6.45, 7) is 1.69. The molecule has 0 saturated heterocycles. The van der Waals surface area contributed by atoms with Crippen LogP contribution < -0.4 is 4.74 Å². The largest absolute Gasteiger partial charge is 0.485 e. The molecule has 0 amide bonds. The fourth-order valence-corrected chi connectivity index (χ4v) is 2.95. The maximum absolute atomic E-state index is 13.8. The van der Waals surface area contributed by atoms with Crippen LogP contribution in [0.5, 0.6) is 5.75 Å². The Balaban J connectivity index is 1.73. The fourth-order valence-electron chi connectivity index (χ4n) is 2.95. The number of hydrogen-bond donors (Lipinski definition) is 0. The minimum atomic E-state index is -0.631. The molecule has 26 heavy (non-hydrogen) atoms. The summed E-state index contributed by atoms with van der Waals surface area (Å²) in [5, 5.41) is 0. The SMILES string of the molecule is Cc1nc2c(OCc3c(F)cccc3F)cccn2c1-c1ccncc1. The molecule has 0 aliphatic rings. The molecule has 0 unspecified atom stereocenters. The fraction of sp³-hybridized carbons (Fsp3) is 0.100. The van der Waals surface area contributed by atoms with Crippen LogP contribution in [0.1, 0.15) is 11.3 Å². The predicted molar refractivity (Wildman–Crippen MR) is 93.9 cm³/mol. The van der Waals surface area contributed by atoms with Crippen LogP contribution in [0.15, 0.2) is 61.1 Å². The number of imidazole rings is 1. The molecular formula is C20H15F2N3O. The van der Waals surface area contributed by atoms with Gasteiger partial charge in [-0.1, -0.05) is 6.07 Å². The second-order valence-electron chi connectivity index (χ2n) is 5.84. The van der Waals surface area contributed by atoms with Crippen molar-refractivity contribution in [3.8, 4) is 17.0 Å². The lowest BCUT2D eigenvalue weighted by Crippen LogP contribution is -2.03. The second kappa shape index (κ2) is 6.55. The van der Waals surface area contributed by atoms with Gasteiger partial charge in [0.25, 0.3) is 0 Å². The van der Waals surface area contributed by atoms with Crippen LogP contribution in [0.4, 0.5) is 8.78 Å². The molecule has 4 nitrogen and oxygen atoms in total. The molecule has 0 spiro atoms. The zero-order valence-corrected chi connectivity index (χ0v) is 14.0. The molecule has 0 fully saturated rings. The Morgan fingerprint density at radius 3 is 2.46 bits per heavy atom. The monoisotopic (exact) mass is 351 g/mol. The molecule has 0 aliphatic heterocycles. The highest BCUT2D eigenvalue weighted by atomic mass is 19.1. The highest BCUT2D eigenvalue weighted by Gasteiger charge is 2.15. The van der Waals surface area contributed by atoms with Crippen LogP contribution in [-0.4, -0.2) is 14.4 Å². The third-order valence-corrected chi connectivity index (χ3v) is 4.18. The Kier molecular flexibility index (Phi) is 4.08. The molecule has 0 atom stereocenters. The van der Waals surface area contributed by atoms with Crippen LogP contribution >= 0.6 is 0 Å². The topological polar surface area (TPSA) is 39.4 Å². The van der Waals surface area contributed by atoms with Gasteiger partial charge in [0.1, 0.15) is 18.2 Å². The summed E-state index contributed by atoms with van der Waals surface area (Å²) in [7, 11) is 0. The van der Waals surface area contributed by atoms with Gasteiger partial charge in [-0.25, -0.2) is 13.8 Å². The van der Waals surface area contributed by atoms with Gasteiger partial charge in [0.05, 0.1) is 17.0 Å². The molecule has 3 heterocycles. The quantitative estimate of drug-likeness (QED) is 0.541. The zero-order chi connectivity index (χ0) is 18.1. The van der Waals surface area contributed by atoms with Gasteiger partial charge in [0, 0.05) is 24.2 Å². The van der Waals surface area contributed by atoms with Crippen molar-refractivity contribution in [2.24, 2.45) is 0 Å². The number of rotatable bonds is 4. The van der Waals surface area contributed by atoms with Crippen molar-refractivity contribution in [2.75, 3.05) is 0 Å². The van der Waals surface area contributed by atoms with Crippen LogP contribution in [0.25, 0.3) is 16.9 Å². The van der Waals surface area contributed by atoms with Gasteiger partial charge in [0.15, 0.2) is 11.4 Å². The minimum Gasteiger partial charge on any atom is -0.485 e. The van der Waals surface area contributed by atoms with Gasteiger partial charge in [0.2, 0.25) is 0 Å².